The smallest absolute Gasteiger partial charge is 0.222 e. The lowest BCUT2D eigenvalue weighted by molar-refractivity contribution is -0.114. The summed E-state index contributed by atoms with van der Waals surface area (Å²) in [5, 5.41) is 3.11. The van der Waals surface area contributed by atoms with Crippen molar-refractivity contribution in [2.45, 2.75) is 27.2 Å². The van der Waals surface area contributed by atoms with E-state index >= 15 is 0 Å². The number of rotatable bonds is 2. The highest BCUT2D eigenvalue weighted by Crippen LogP contribution is 2.26. The lowest BCUT2D eigenvalue weighted by atomic mass is 10.1. The van der Waals surface area contributed by atoms with Crippen molar-refractivity contribution in [2.24, 2.45) is 0 Å². The monoisotopic (exact) mass is 330 g/mol. The van der Waals surface area contributed by atoms with Crippen LogP contribution in [-0.4, -0.2) is 20.3 Å². The maximum Gasteiger partial charge on any atom is 0.222 e. The zero-order valence-electron chi connectivity index (χ0n) is 13.4. The molecule has 1 N–H and O–H groups in total. The second-order valence-corrected chi connectivity index (χ2v) is 5.40. The molecule has 3 rings (SSSR count). The van der Waals surface area contributed by atoms with Crippen molar-refractivity contribution in [3.8, 4) is 11.1 Å². The largest absolute Gasteiger partial charge is 0.310 e. The van der Waals surface area contributed by atoms with Gasteiger partial charge in [0, 0.05) is 30.4 Å². The van der Waals surface area contributed by atoms with Gasteiger partial charge < -0.3 is 9.72 Å². The lowest BCUT2D eigenvalue weighted by Gasteiger charge is -2.03. The molecule has 0 spiro atoms. The molecule has 0 aliphatic rings. The van der Waals surface area contributed by atoms with E-state index in [0.717, 1.165) is 16.8 Å². The maximum atomic E-state index is 11.0. The number of carbonyl (C=O) groups is 1. The highest BCUT2D eigenvalue weighted by Gasteiger charge is 2.07. The van der Waals surface area contributed by atoms with Gasteiger partial charge in [0.2, 0.25) is 5.91 Å². The van der Waals surface area contributed by atoms with Crippen LogP contribution in [0.15, 0.2) is 42.9 Å². The molecule has 0 radical (unpaired) electrons. The van der Waals surface area contributed by atoms with E-state index in [-0.39, 0.29) is 5.91 Å². The van der Waals surface area contributed by atoms with E-state index in [1.807, 2.05) is 34.9 Å². The van der Waals surface area contributed by atoms with Crippen LogP contribution >= 0.6 is 11.6 Å². The van der Waals surface area contributed by atoms with Crippen molar-refractivity contribution >= 4 is 29.0 Å². The Morgan fingerprint density at radius 3 is 2.65 bits per heavy atom. The Hall–Kier alpha value is -2.40. The predicted octanol–water partition coefficient (Wildman–Crippen LogP) is 4.42. The average Bonchev–Trinajstić information content (AvgIpc) is 2.88. The minimum atomic E-state index is -0.149. The van der Waals surface area contributed by atoms with Crippen molar-refractivity contribution in [1.29, 1.82) is 0 Å². The van der Waals surface area contributed by atoms with Gasteiger partial charge in [-0.1, -0.05) is 31.9 Å². The Labute approximate surface area is 140 Å². The summed E-state index contributed by atoms with van der Waals surface area (Å²) in [6, 6.07) is 7.52. The van der Waals surface area contributed by atoms with Crippen LogP contribution in [0.4, 0.5) is 5.82 Å². The van der Waals surface area contributed by atoms with E-state index in [9.17, 15) is 4.79 Å². The molecule has 0 saturated carbocycles. The lowest BCUT2D eigenvalue weighted by Crippen LogP contribution is -2.05. The Morgan fingerprint density at radius 2 is 2.00 bits per heavy atom. The summed E-state index contributed by atoms with van der Waals surface area (Å²) in [7, 11) is 0. The predicted molar refractivity (Wildman–Crippen MR) is 93.7 cm³/mol. The molecule has 3 heterocycles. The first-order valence-corrected chi connectivity index (χ1v) is 7.80. The number of hydrogen-bond donors (Lipinski definition) is 1. The van der Waals surface area contributed by atoms with E-state index in [1.54, 1.807) is 12.4 Å². The minimum absolute atomic E-state index is 0.149. The number of pyridine rings is 2. The van der Waals surface area contributed by atoms with Crippen LogP contribution in [0.25, 0.3) is 16.8 Å². The zero-order valence-corrected chi connectivity index (χ0v) is 14.1. The molecule has 3 aromatic heterocycles. The first-order valence-electron chi connectivity index (χ1n) is 7.42. The van der Waals surface area contributed by atoms with Gasteiger partial charge in [0.25, 0.3) is 0 Å². The Kier molecular flexibility index (Phi) is 5.71. The first-order chi connectivity index (χ1) is 11.0. The molecule has 3 aromatic rings. The summed E-state index contributed by atoms with van der Waals surface area (Å²) in [6.07, 6.45) is 6.55. The van der Waals surface area contributed by atoms with Gasteiger partial charge in [0.15, 0.2) is 5.82 Å². The highest BCUT2D eigenvalue weighted by molar-refractivity contribution is 6.32. The molecule has 1 amide bonds. The van der Waals surface area contributed by atoms with Gasteiger partial charge in [-0.3, -0.25) is 4.79 Å². The van der Waals surface area contributed by atoms with Crippen LogP contribution in [0.1, 0.15) is 27.2 Å². The quantitative estimate of drug-likeness (QED) is 0.707. The number of amides is 1. The molecular formula is C17H19ClN4O. The Morgan fingerprint density at radius 1 is 1.26 bits per heavy atom. The molecule has 0 atom stereocenters. The fraction of sp³-hybridized carbons (Fsp3) is 0.235. The van der Waals surface area contributed by atoms with Gasteiger partial charge >= 0.3 is 0 Å². The SMILES string of the molecule is CC(=O)Nc1cn2cc(-c3cccnc3Cl)ccc2n1.CCC. The molecule has 6 heteroatoms. The van der Waals surface area contributed by atoms with Crippen molar-refractivity contribution in [3.63, 3.8) is 0 Å². The van der Waals surface area contributed by atoms with Crippen molar-refractivity contribution in [3.05, 3.63) is 48.0 Å². The van der Waals surface area contributed by atoms with Crippen molar-refractivity contribution in [2.75, 3.05) is 5.32 Å². The highest BCUT2D eigenvalue weighted by atomic mass is 35.5. The molecule has 5 nitrogen and oxygen atoms in total. The molecule has 0 unspecified atom stereocenters. The van der Waals surface area contributed by atoms with Gasteiger partial charge in [-0.05, 0) is 24.3 Å². The van der Waals surface area contributed by atoms with Crippen LogP contribution in [0.5, 0.6) is 0 Å². The minimum Gasteiger partial charge on any atom is -0.310 e. The zero-order chi connectivity index (χ0) is 16.8. The summed E-state index contributed by atoms with van der Waals surface area (Å²) >= 11 is 6.09. The fourth-order valence-corrected chi connectivity index (χ4v) is 2.22. The third-order valence-electron chi connectivity index (χ3n) is 2.83. The Bertz CT molecular complexity index is 813. The molecule has 0 aliphatic heterocycles. The third kappa shape index (κ3) is 4.29. The summed E-state index contributed by atoms with van der Waals surface area (Å²) in [5.74, 6) is 0.371. The summed E-state index contributed by atoms with van der Waals surface area (Å²) < 4.78 is 1.84. The van der Waals surface area contributed by atoms with E-state index in [2.05, 4.69) is 29.1 Å². The Balaban J connectivity index is 0.000000595. The number of imidazole rings is 1. The number of nitrogens with zero attached hydrogens (tertiary/aromatic N) is 3. The first kappa shape index (κ1) is 17.0. The van der Waals surface area contributed by atoms with Crippen molar-refractivity contribution < 1.29 is 4.79 Å². The second kappa shape index (κ2) is 7.74. The third-order valence-corrected chi connectivity index (χ3v) is 3.13. The number of halogens is 1. The van der Waals surface area contributed by atoms with E-state index in [1.165, 1.54) is 13.3 Å². The topological polar surface area (TPSA) is 59.3 Å². The van der Waals surface area contributed by atoms with Crippen LogP contribution in [0.2, 0.25) is 5.15 Å². The number of fused-ring (bicyclic) bond motifs is 1. The van der Waals surface area contributed by atoms with Crippen LogP contribution in [-0.2, 0) is 4.79 Å². The summed E-state index contributed by atoms with van der Waals surface area (Å²) in [4.78, 5) is 19.4. The van der Waals surface area contributed by atoms with Gasteiger partial charge in [-0.25, -0.2) is 9.97 Å². The summed E-state index contributed by atoms with van der Waals surface area (Å²) in [5.41, 5.74) is 2.53. The normalized spacial score (nSPS) is 10.1. The van der Waals surface area contributed by atoms with Crippen LogP contribution in [0, 0.1) is 0 Å². The van der Waals surface area contributed by atoms with Crippen LogP contribution < -0.4 is 5.32 Å². The van der Waals surface area contributed by atoms with E-state index < -0.39 is 0 Å². The number of hydrogen-bond acceptors (Lipinski definition) is 3. The average molecular weight is 331 g/mol. The van der Waals surface area contributed by atoms with Gasteiger partial charge in [0.05, 0.1) is 6.20 Å². The fourth-order valence-electron chi connectivity index (χ4n) is 1.99. The number of carbonyl (C=O) groups excluding carboxylic acids is 1. The molecule has 0 aliphatic carbocycles. The number of nitrogens with one attached hydrogen (secondary N) is 1. The number of aromatic nitrogens is 3. The standard InChI is InChI=1S/C14H11ClN4O.C3H8/c1-9(20)17-12-8-19-7-10(4-5-13(19)18-12)11-3-2-6-16-14(11)15;1-3-2/h2-8H,1H3,(H,17,20);3H2,1-2H3. The molecule has 23 heavy (non-hydrogen) atoms. The summed E-state index contributed by atoms with van der Waals surface area (Å²) in [6.45, 7) is 5.70. The van der Waals surface area contributed by atoms with Crippen molar-refractivity contribution in [1.82, 2.24) is 14.4 Å². The van der Waals surface area contributed by atoms with Crippen LogP contribution in [0.3, 0.4) is 0 Å². The van der Waals surface area contributed by atoms with Gasteiger partial charge in [-0.15, -0.1) is 0 Å². The molecule has 0 bridgehead atoms. The molecule has 120 valence electrons. The second-order valence-electron chi connectivity index (χ2n) is 5.04. The number of anilines is 1. The molecule has 0 saturated heterocycles. The molecule has 0 aromatic carbocycles. The maximum absolute atomic E-state index is 11.0. The molecule has 0 fully saturated rings. The molecular weight excluding hydrogens is 312 g/mol. The van der Waals surface area contributed by atoms with Gasteiger partial charge in [0.1, 0.15) is 10.8 Å². The van der Waals surface area contributed by atoms with Gasteiger partial charge in [-0.2, -0.15) is 0 Å². The van der Waals surface area contributed by atoms with E-state index in [0.29, 0.717) is 11.0 Å². The van der Waals surface area contributed by atoms with E-state index in [4.69, 9.17) is 11.6 Å².